The van der Waals surface area contributed by atoms with Crippen LogP contribution in [0.1, 0.15) is 103 Å². The summed E-state index contributed by atoms with van der Waals surface area (Å²) < 4.78 is 39.0. The zero-order valence-corrected chi connectivity index (χ0v) is 31.8. The van der Waals surface area contributed by atoms with Crippen molar-refractivity contribution in [3.05, 3.63) is 34.3 Å². The van der Waals surface area contributed by atoms with E-state index in [0.29, 0.717) is 37.1 Å². The van der Waals surface area contributed by atoms with E-state index in [-0.39, 0.29) is 44.3 Å². The van der Waals surface area contributed by atoms with E-state index < -0.39 is 74.5 Å². The van der Waals surface area contributed by atoms with Crippen molar-refractivity contribution in [2.45, 2.75) is 140 Å². The van der Waals surface area contributed by atoms with Crippen LogP contribution in [0.3, 0.4) is 0 Å². The summed E-state index contributed by atoms with van der Waals surface area (Å²) in [5, 5.41) is 5.53. The first-order chi connectivity index (χ1) is 24.5. The molecule has 1 aromatic carbocycles. The van der Waals surface area contributed by atoms with Gasteiger partial charge in [-0.2, -0.15) is 0 Å². The first kappa shape index (κ1) is 38.1. The number of carbonyl (C=O) groups is 5. The fourth-order valence-corrected chi connectivity index (χ4v) is 9.48. The van der Waals surface area contributed by atoms with Gasteiger partial charge in [0.05, 0.1) is 18.3 Å². The van der Waals surface area contributed by atoms with Gasteiger partial charge in [0.2, 0.25) is 21.8 Å². The maximum Gasteiger partial charge on any atom is 0.410 e. The average molecular weight is 764 g/mol. The van der Waals surface area contributed by atoms with Crippen LogP contribution in [0.25, 0.3) is 0 Å². The molecular formula is C36H50ClN5O9S. The van der Waals surface area contributed by atoms with Crippen molar-refractivity contribution in [1.82, 2.24) is 25.2 Å². The largest absolute Gasteiger partial charge is 0.444 e. The predicted octanol–water partition coefficient (Wildman–Crippen LogP) is 4.13. The van der Waals surface area contributed by atoms with Crippen LogP contribution in [0, 0.1) is 11.8 Å². The van der Waals surface area contributed by atoms with Crippen LogP contribution in [0.2, 0.25) is 5.02 Å². The van der Waals surface area contributed by atoms with E-state index in [1.807, 2.05) is 19.1 Å². The second kappa shape index (κ2) is 14.7. The Bertz CT molecular complexity index is 1710. The van der Waals surface area contributed by atoms with Crippen molar-refractivity contribution in [2.75, 3.05) is 6.54 Å². The molecule has 3 aliphatic carbocycles. The minimum absolute atomic E-state index is 0.0659. The molecule has 52 heavy (non-hydrogen) atoms. The number of likely N-dealkylation sites (tertiary alicyclic amines) is 1. The Kier molecular flexibility index (Phi) is 10.8. The van der Waals surface area contributed by atoms with Crippen molar-refractivity contribution in [3.8, 4) is 0 Å². The highest BCUT2D eigenvalue weighted by molar-refractivity contribution is 7.91. The number of sulfonamides is 1. The van der Waals surface area contributed by atoms with E-state index in [4.69, 9.17) is 21.1 Å². The monoisotopic (exact) mass is 763 g/mol. The summed E-state index contributed by atoms with van der Waals surface area (Å²) in [6.45, 7) is 7.42. The maximum absolute atomic E-state index is 14.6. The van der Waals surface area contributed by atoms with Gasteiger partial charge >= 0.3 is 12.2 Å². The number of hydrogen-bond acceptors (Lipinski definition) is 9. The van der Waals surface area contributed by atoms with Crippen LogP contribution in [-0.4, -0.2) is 89.2 Å². The van der Waals surface area contributed by atoms with Gasteiger partial charge in [0.1, 0.15) is 29.3 Å². The van der Waals surface area contributed by atoms with Crippen LogP contribution in [-0.2, 0) is 47.0 Å². The number of hydrogen-bond donors (Lipinski definition) is 3. The number of alkyl carbamates (subject to hydrolysis) is 1. The lowest BCUT2D eigenvalue weighted by atomic mass is 9.83. The molecule has 0 radical (unpaired) electrons. The Balaban J connectivity index is 1.24. The van der Waals surface area contributed by atoms with Gasteiger partial charge in [-0.25, -0.2) is 18.0 Å². The third-order valence-electron chi connectivity index (χ3n) is 10.9. The predicted molar refractivity (Wildman–Crippen MR) is 190 cm³/mol. The molecular weight excluding hydrogens is 714 g/mol. The van der Waals surface area contributed by atoms with E-state index in [1.54, 1.807) is 26.8 Å². The highest BCUT2D eigenvalue weighted by atomic mass is 35.5. The van der Waals surface area contributed by atoms with Gasteiger partial charge in [0.25, 0.3) is 5.91 Å². The Morgan fingerprint density at radius 2 is 1.75 bits per heavy atom. The van der Waals surface area contributed by atoms with Gasteiger partial charge in [-0.05, 0) is 81.9 Å². The van der Waals surface area contributed by atoms with Crippen molar-refractivity contribution in [1.29, 1.82) is 0 Å². The first-order valence-corrected chi connectivity index (χ1v) is 20.3. The van der Waals surface area contributed by atoms with Gasteiger partial charge in [-0.1, -0.05) is 56.3 Å². The number of ether oxygens (including phenoxy) is 2. The molecule has 5 aliphatic rings. The van der Waals surface area contributed by atoms with Crippen LogP contribution in [0.15, 0.2) is 18.2 Å². The highest BCUT2D eigenvalue weighted by Gasteiger charge is 2.62. The number of halogens is 1. The molecule has 1 aromatic rings. The molecule has 2 aliphatic heterocycles. The highest BCUT2D eigenvalue weighted by Crippen LogP contribution is 2.47. The summed E-state index contributed by atoms with van der Waals surface area (Å²) in [6, 6.07) is 3.26. The van der Waals surface area contributed by atoms with E-state index in [2.05, 4.69) is 15.4 Å². The van der Waals surface area contributed by atoms with E-state index >= 15 is 0 Å². The molecule has 4 fully saturated rings. The zero-order chi connectivity index (χ0) is 37.6. The SMILES string of the molecule is CC[C@@H]1C[C@]1(NC(=O)[C@@H]1C[C@@H](OC(=O)N2Cc3cccc(Cl)c3C2)CN1C(=O)[C@@H](NC(=O)OC(C)(C)C)C1CCCCC1)C(=O)NS(=O)(=O)C1CC1. The van der Waals surface area contributed by atoms with E-state index in [9.17, 15) is 32.4 Å². The Morgan fingerprint density at radius 1 is 1.04 bits per heavy atom. The quantitative estimate of drug-likeness (QED) is 0.316. The van der Waals surface area contributed by atoms with Gasteiger partial charge < -0.3 is 25.0 Å². The number of amides is 5. The van der Waals surface area contributed by atoms with Crippen molar-refractivity contribution in [3.63, 3.8) is 0 Å². The number of carbonyl (C=O) groups excluding carboxylic acids is 5. The molecule has 2 heterocycles. The van der Waals surface area contributed by atoms with Gasteiger partial charge in [0, 0.05) is 18.0 Å². The Labute approximate surface area is 310 Å². The van der Waals surface area contributed by atoms with Crippen molar-refractivity contribution >= 4 is 51.5 Å². The maximum atomic E-state index is 14.6. The number of rotatable bonds is 10. The lowest BCUT2D eigenvalue weighted by molar-refractivity contribution is -0.142. The Morgan fingerprint density at radius 3 is 2.37 bits per heavy atom. The third-order valence-corrected chi connectivity index (χ3v) is 13.1. The van der Waals surface area contributed by atoms with Crippen molar-refractivity contribution in [2.24, 2.45) is 11.8 Å². The van der Waals surface area contributed by atoms with Gasteiger partial charge in [-0.15, -0.1) is 0 Å². The van der Waals surface area contributed by atoms with Crippen LogP contribution >= 0.6 is 11.6 Å². The topological polar surface area (TPSA) is 181 Å². The minimum Gasteiger partial charge on any atom is -0.444 e. The molecule has 0 spiro atoms. The molecule has 5 atom stereocenters. The molecule has 286 valence electrons. The van der Waals surface area contributed by atoms with Crippen LogP contribution in [0.5, 0.6) is 0 Å². The van der Waals surface area contributed by atoms with Crippen LogP contribution in [0.4, 0.5) is 9.59 Å². The molecule has 16 heteroatoms. The Hall–Kier alpha value is -3.59. The zero-order valence-electron chi connectivity index (χ0n) is 30.2. The molecule has 1 saturated heterocycles. The first-order valence-electron chi connectivity index (χ1n) is 18.4. The minimum atomic E-state index is -3.88. The second-order valence-corrected chi connectivity index (χ2v) is 18.3. The lowest BCUT2D eigenvalue weighted by Gasteiger charge is -2.35. The summed E-state index contributed by atoms with van der Waals surface area (Å²) in [5.74, 6) is -2.50. The lowest BCUT2D eigenvalue weighted by Crippen LogP contribution is -2.59. The standard InChI is InChI=1S/C36H50ClN5O9S/c1-5-23-17-36(23,32(45)40-52(48,49)25-14-15-25)39-30(43)28-16-24(50-34(47)41-18-22-12-9-13-27(37)26(22)20-41)19-42(28)31(44)29(21-10-7-6-8-11-21)38-33(46)51-35(2,3)4/h9,12-13,21,23-25,28-29H,5-8,10-11,14-20H2,1-4H3,(H,38,46)(H,39,43)(H,40,45)/t23-,24-,28+,29+,36-/m1/s1. The van der Waals surface area contributed by atoms with Crippen LogP contribution < -0.4 is 15.4 Å². The summed E-state index contributed by atoms with van der Waals surface area (Å²) >= 11 is 6.37. The van der Waals surface area contributed by atoms with Gasteiger partial charge in [0.15, 0.2) is 0 Å². The molecule has 6 rings (SSSR count). The average Bonchev–Trinajstić information content (AvgIpc) is 3.97. The van der Waals surface area contributed by atoms with E-state index in [0.717, 1.165) is 30.4 Å². The van der Waals surface area contributed by atoms with Crippen molar-refractivity contribution < 1.29 is 41.9 Å². The second-order valence-electron chi connectivity index (χ2n) is 15.9. The smallest absolute Gasteiger partial charge is 0.410 e. The molecule has 14 nitrogen and oxygen atoms in total. The third kappa shape index (κ3) is 8.30. The molecule has 0 aromatic heterocycles. The van der Waals surface area contributed by atoms with Gasteiger partial charge in [-0.3, -0.25) is 24.0 Å². The fraction of sp³-hybridized carbons (Fsp3) is 0.694. The molecule has 3 N–H and O–H groups in total. The molecule has 5 amide bonds. The number of fused-ring (bicyclic) bond motifs is 1. The molecule has 0 unspecified atom stereocenters. The number of benzene rings is 1. The number of nitrogens with zero attached hydrogens (tertiary/aromatic N) is 2. The normalized spacial score (nSPS) is 26.6. The summed E-state index contributed by atoms with van der Waals surface area (Å²) in [6.07, 6.45) is 3.45. The van der Waals surface area contributed by atoms with E-state index in [1.165, 1.54) is 9.80 Å². The summed E-state index contributed by atoms with van der Waals surface area (Å²) in [7, 11) is -3.88. The molecule has 0 bridgehead atoms. The number of nitrogens with one attached hydrogen (secondary N) is 3. The summed E-state index contributed by atoms with van der Waals surface area (Å²) in [5.41, 5.74) is -0.556. The fourth-order valence-electron chi connectivity index (χ4n) is 7.86. The summed E-state index contributed by atoms with van der Waals surface area (Å²) in [4.78, 5) is 71.7. The molecule has 3 saturated carbocycles.